The number of pyridine rings is 1. The van der Waals surface area contributed by atoms with Crippen molar-refractivity contribution < 1.29 is 5.11 Å². The van der Waals surface area contributed by atoms with Crippen LogP contribution in [0.25, 0.3) is 5.52 Å². The van der Waals surface area contributed by atoms with Crippen LogP contribution >= 0.6 is 0 Å². The van der Waals surface area contributed by atoms with Crippen molar-refractivity contribution >= 4 is 5.52 Å². The van der Waals surface area contributed by atoms with Gasteiger partial charge in [-0.1, -0.05) is 0 Å². The summed E-state index contributed by atoms with van der Waals surface area (Å²) in [6.07, 6.45) is 4.90. The summed E-state index contributed by atoms with van der Waals surface area (Å²) in [5.74, 6) is 0.355. The van der Waals surface area contributed by atoms with Gasteiger partial charge in [0.2, 0.25) is 0 Å². The molecule has 3 nitrogen and oxygen atoms in total. The molecule has 0 fully saturated rings. The quantitative estimate of drug-likeness (QED) is 0.854. The molecule has 2 aromatic rings. The zero-order valence-electron chi connectivity index (χ0n) is 10.0. The molecular weight excluding hydrogens is 200 g/mol. The maximum atomic E-state index is 9.86. The summed E-state index contributed by atoms with van der Waals surface area (Å²) >= 11 is 0. The van der Waals surface area contributed by atoms with Crippen molar-refractivity contribution in [3.05, 3.63) is 36.2 Å². The fourth-order valence-electron chi connectivity index (χ4n) is 1.88. The molecule has 16 heavy (non-hydrogen) atoms. The van der Waals surface area contributed by atoms with Crippen molar-refractivity contribution in [3.8, 4) is 5.75 Å². The average molecular weight is 218 g/mol. The van der Waals surface area contributed by atoms with E-state index in [9.17, 15) is 5.11 Å². The third kappa shape index (κ3) is 1.91. The Balaban J connectivity index is 2.38. The lowest BCUT2D eigenvalue weighted by molar-refractivity contribution is 0.313. The van der Waals surface area contributed by atoms with Crippen LogP contribution in [0.1, 0.15) is 12.5 Å². The van der Waals surface area contributed by atoms with E-state index in [2.05, 4.69) is 32.0 Å². The third-order valence-electron chi connectivity index (χ3n) is 3.14. The van der Waals surface area contributed by atoms with Crippen LogP contribution in [0, 0.1) is 0 Å². The number of aromatic hydroxyl groups is 1. The number of aromatic nitrogens is 1. The van der Waals surface area contributed by atoms with Crippen molar-refractivity contribution in [1.29, 1.82) is 0 Å². The second-order valence-corrected chi connectivity index (χ2v) is 4.51. The van der Waals surface area contributed by atoms with E-state index in [-0.39, 0.29) is 0 Å². The highest BCUT2D eigenvalue weighted by Gasteiger charge is 2.11. The molecule has 0 aliphatic rings. The van der Waals surface area contributed by atoms with Crippen LogP contribution in [0.5, 0.6) is 5.75 Å². The molecule has 0 aliphatic carbocycles. The number of rotatable bonds is 3. The molecule has 0 aliphatic heterocycles. The molecule has 0 aromatic carbocycles. The van der Waals surface area contributed by atoms with E-state index >= 15 is 0 Å². The highest BCUT2D eigenvalue weighted by Crippen LogP contribution is 2.24. The first kappa shape index (κ1) is 11.0. The molecule has 0 saturated heterocycles. The van der Waals surface area contributed by atoms with Crippen molar-refractivity contribution in [2.45, 2.75) is 19.4 Å². The maximum absolute atomic E-state index is 9.86. The van der Waals surface area contributed by atoms with Crippen molar-refractivity contribution in [2.75, 3.05) is 14.1 Å². The molecule has 0 amide bonds. The SMILES string of the molecule is CC(Cc1ccn2cccc(O)c12)N(C)C. The molecule has 2 aromatic heterocycles. The molecule has 0 radical (unpaired) electrons. The smallest absolute Gasteiger partial charge is 0.139 e. The van der Waals surface area contributed by atoms with Gasteiger partial charge in [-0.2, -0.15) is 0 Å². The Morgan fingerprint density at radius 2 is 2.06 bits per heavy atom. The Bertz CT molecular complexity index is 488. The highest BCUT2D eigenvalue weighted by molar-refractivity contribution is 5.65. The summed E-state index contributed by atoms with van der Waals surface area (Å²) in [4.78, 5) is 2.18. The first-order valence-electron chi connectivity index (χ1n) is 5.53. The lowest BCUT2D eigenvalue weighted by Gasteiger charge is -2.19. The Hall–Kier alpha value is -1.48. The summed E-state index contributed by atoms with van der Waals surface area (Å²) in [5.41, 5.74) is 2.12. The van der Waals surface area contributed by atoms with E-state index in [4.69, 9.17) is 0 Å². The first-order chi connectivity index (χ1) is 7.59. The lowest BCUT2D eigenvalue weighted by Crippen LogP contribution is -2.26. The van der Waals surface area contributed by atoms with Crippen molar-refractivity contribution in [1.82, 2.24) is 9.30 Å². The Morgan fingerprint density at radius 1 is 1.31 bits per heavy atom. The molecule has 1 N–H and O–H groups in total. The van der Waals surface area contributed by atoms with Gasteiger partial charge in [0.1, 0.15) is 5.75 Å². The second kappa shape index (κ2) is 4.18. The predicted molar refractivity (Wildman–Crippen MR) is 65.9 cm³/mol. The fraction of sp³-hybridized carbons (Fsp3) is 0.385. The minimum absolute atomic E-state index is 0.355. The molecule has 86 valence electrons. The zero-order chi connectivity index (χ0) is 11.7. The molecular formula is C13H18N2O. The van der Waals surface area contributed by atoms with Crippen LogP contribution in [0.4, 0.5) is 0 Å². The third-order valence-corrected chi connectivity index (χ3v) is 3.14. The van der Waals surface area contributed by atoms with Gasteiger partial charge in [-0.15, -0.1) is 0 Å². The van der Waals surface area contributed by atoms with Crippen LogP contribution in [-0.4, -0.2) is 34.5 Å². The van der Waals surface area contributed by atoms with Gasteiger partial charge in [0.15, 0.2) is 0 Å². The van der Waals surface area contributed by atoms with Gasteiger partial charge in [0, 0.05) is 18.4 Å². The standard InChI is InChI=1S/C13H18N2O/c1-10(14(2)3)9-11-6-8-15-7-4-5-12(16)13(11)15/h4-8,10,16H,9H2,1-3H3. The summed E-state index contributed by atoms with van der Waals surface area (Å²) in [6.45, 7) is 2.18. The average Bonchev–Trinajstić information content (AvgIpc) is 2.63. The summed E-state index contributed by atoms with van der Waals surface area (Å²) in [5, 5.41) is 9.86. The van der Waals surface area contributed by atoms with E-state index in [1.165, 1.54) is 5.56 Å². The van der Waals surface area contributed by atoms with Gasteiger partial charge in [-0.05, 0) is 51.2 Å². The van der Waals surface area contributed by atoms with Gasteiger partial charge in [-0.3, -0.25) is 0 Å². The van der Waals surface area contributed by atoms with Crippen LogP contribution in [0.3, 0.4) is 0 Å². The number of fused-ring (bicyclic) bond motifs is 1. The van der Waals surface area contributed by atoms with Crippen LogP contribution in [0.15, 0.2) is 30.6 Å². The molecule has 0 spiro atoms. The molecule has 2 heterocycles. The van der Waals surface area contributed by atoms with Crippen molar-refractivity contribution in [2.24, 2.45) is 0 Å². The van der Waals surface area contributed by atoms with E-state index in [1.54, 1.807) is 6.07 Å². The second-order valence-electron chi connectivity index (χ2n) is 4.51. The van der Waals surface area contributed by atoms with E-state index < -0.39 is 0 Å². The number of likely N-dealkylation sites (N-methyl/N-ethyl adjacent to an activating group) is 1. The Morgan fingerprint density at radius 3 is 2.75 bits per heavy atom. The van der Waals surface area contributed by atoms with E-state index in [0.29, 0.717) is 11.8 Å². The van der Waals surface area contributed by atoms with Crippen LogP contribution in [-0.2, 0) is 6.42 Å². The van der Waals surface area contributed by atoms with E-state index in [0.717, 1.165) is 11.9 Å². The minimum atomic E-state index is 0.355. The molecule has 1 atom stereocenters. The molecule has 0 bridgehead atoms. The minimum Gasteiger partial charge on any atom is -0.506 e. The van der Waals surface area contributed by atoms with Gasteiger partial charge < -0.3 is 14.4 Å². The predicted octanol–water partition coefficient (Wildman–Crippen LogP) is 2.14. The lowest BCUT2D eigenvalue weighted by atomic mass is 10.1. The number of nitrogens with zero attached hydrogens (tertiary/aromatic N) is 2. The highest BCUT2D eigenvalue weighted by atomic mass is 16.3. The molecule has 0 saturated carbocycles. The monoisotopic (exact) mass is 218 g/mol. The maximum Gasteiger partial charge on any atom is 0.139 e. The zero-order valence-corrected chi connectivity index (χ0v) is 10.0. The summed E-state index contributed by atoms with van der Waals surface area (Å²) in [6, 6.07) is 6.13. The number of hydrogen-bond acceptors (Lipinski definition) is 2. The largest absolute Gasteiger partial charge is 0.506 e. The summed E-state index contributed by atoms with van der Waals surface area (Å²) in [7, 11) is 4.14. The van der Waals surface area contributed by atoms with Gasteiger partial charge in [0.05, 0.1) is 5.52 Å². The van der Waals surface area contributed by atoms with Crippen LogP contribution < -0.4 is 0 Å². The molecule has 2 rings (SSSR count). The Labute approximate surface area is 95.9 Å². The Kier molecular flexibility index (Phi) is 2.88. The topological polar surface area (TPSA) is 27.9 Å². The van der Waals surface area contributed by atoms with Gasteiger partial charge in [-0.25, -0.2) is 0 Å². The number of hydrogen-bond donors (Lipinski definition) is 1. The first-order valence-corrected chi connectivity index (χ1v) is 5.53. The van der Waals surface area contributed by atoms with Crippen LogP contribution in [0.2, 0.25) is 0 Å². The summed E-state index contributed by atoms with van der Waals surface area (Å²) < 4.78 is 1.97. The van der Waals surface area contributed by atoms with E-state index in [1.807, 2.05) is 22.9 Å². The normalized spacial score (nSPS) is 13.5. The van der Waals surface area contributed by atoms with Gasteiger partial charge >= 0.3 is 0 Å². The fourth-order valence-corrected chi connectivity index (χ4v) is 1.88. The molecule has 3 heteroatoms. The van der Waals surface area contributed by atoms with Gasteiger partial charge in [0.25, 0.3) is 0 Å². The molecule has 1 unspecified atom stereocenters. The van der Waals surface area contributed by atoms with Crippen molar-refractivity contribution in [3.63, 3.8) is 0 Å².